The number of benzene rings is 1. The zero-order chi connectivity index (χ0) is 20.2. The van der Waals surface area contributed by atoms with Crippen LogP contribution in [0.15, 0.2) is 42.6 Å². The fourth-order valence-corrected chi connectivity index (χ4v) is 3.45. The summed E-state index contributed by atoms with van der Waals surface area (Å²) in [5.74, 6) is 1.29. The van der Waals surface area contributed by atoms with E-state index in [0.29, 0.717) is 37.3 Å². The second-order valence-corrected chi connectivity index (χ2v) is 7.02. The van der Waals surface area contributed by atoms with Crippen molar-refractivity contribution in [3.8, 4) is 17.0 Å². The topological polar surface area (TPSA) is 88.8 Å². The maximum absolute atomic E-state index is 12.2. The van der Waals surface area contributed by atoms with Crippen molar-refractivity contribution in [3.63, 3.8) is 0 Å². The van der Waals surface area contributed by atoms with Crippen molar-refractivity contribution in [2.75, 3.05) is 25.5 Å². The van der Waals surface area contributed by atoms with Gasteiger partial charge in [-0.25, -0.2) is 9.50 Å². The molecule has 8 nitrogen and oxygen atoms in total. The van der Waals surface area contributed by atoms with E-state index in [9.17, 15) is 9.59 Å². The number of aromatic nitrogens is 3. The van der Waals surface area contributed by atoms with Gasteiger partial charge in [0.05, 0.1) is 19.0 Å². The highest BCUT2D eigenvalue weighted by Gasteiger charge is 2.19. The molecule has 8 heteroatoms. The van der Waals surface area contributed by atoms with E-state index >= 15 is 0 Å². The van der Waals surface area contributed by atoms with Gasteiger partial charge in [0, 0.05) is 31.5 Å². The first-order chi connectivity index (χ1) is 14.1. The number of hydrogen-bond acceptors (Lipinski definition) is 5. The fraction of sp³-hybridized carbons (Fsp3) is 0.333. The zero-order valence-electron chi connectivity index (χ0n) is 16.3. The maximum atomic E-state index is 12.2. The molecule has 1 fully saturated rings. The van der Waals surface area contributed by atoms with Crippen molar-refractivity contribution in [1.29, 1.82) is 0 Å². The monoisotopic (exact) mass is 393 g/mol. The second-order valence-electron chi connectivity index (χ2n) is 7.02. The summed E-state index contributed by atoms with van der Waals surface area (Å²) in [7, 11) is 1.63. The number of nitrogens with zero attached hydrogens (tertiary/aromatic N) is 4. The Hall–Kier alpha value is -3.42. The van der Waals surface area contributed by atoms with Crippen molar-refractivity contribution < 1.29 is 14.3 Å². The van der Waals surface area contributed by atoms with Gasteiger partial charge in [0.15, 0.2) is 11.5 Å². The number of carbonyl (C=O) groups excluding carboxylic acids is 2. The molecule has 0 bridgehead atoms. The predicted octanol–water partition coefficient (Wildman–Crippen LogP) is 2.75. The fourth-order valence-electron chi connectivity index (χ4n) is 3.45. The summed E-state index contributed by atoms with van der Waals surface area (Å²) in [6.45, 7) is 1.43. The van der Waals surface area contributed by atoms with Crippen LogP contribution in [0.3, 0.4) is 0 Å². The van der Waals surface area contributed by atoms with Crippen LogP contribution in [0.5, 0.6) is 5.75 Å². The van der Waals surface area contributed by atoms with E-state index in [4.69, 9.17) is 4.74 Å². The van der Waals surface area contributed by atoms with Crippen LogP contribution in [-0.4, -0.2) is 51.5 Å². The molecule has 4 rings (SSSR count). The molecule has 29 heavy (non-hydrogen) atoms. The zero-order valence-corrected chi connectivity index (χ0v) is 16.3. The number of hydrogen-bond donors (Lipinski definition) is 1. The average molecular weight is 393 g/mol. The number of anilines is 1. The second kappa shape index (κ2) is 8.30. The first-order valence-electron chi connectivity index (χ1n) is 9.71. The Balaban J connectivity index is 1.39. The maximum Gasteiger partial charge on any atom is 0.225 e. The molecule has 0 unspecified atom stereocenters. The summed E-state index contributed by atoms with van der Waals surface area (Å²) >= 11 is 0. The lowest BCUT2D eigenvalue weighted by atomic mass is 10.1. The third-order valence-electron chi connectivity index (χ3n) is 4.96. The smallest absolute Gasteiger partial charge is 0.225 e. The molecular weight excluding hydrogens is 370 g/mol. The summed E-state index contributed by atoms with van der Waals surface area (Å²) in [6.07, 6.45) is 4.22. The number of fused-ring (bicyclic) bond motifs is 1. The molecule has 3 heterocycles. The van der Waals surface area contributed by atoms with Crippen molar-refractivity contribution in [2.45, 2.75) is 25.7 Å². The van der Waals surface area contributed by atoms with Crippen molar-refractivity contribution in [3.05, 3.63) is 42.6 Å². The van der Waals surface area contributed by atoms with E-state index in [2.05, 4.69) is 15.4 Å². The van der Waals surface area contributed by atoms with E-state index < -0.39 is 0 Å². The molecule has 0 radical (unpaired) electrons. The van der Waals surface area contributed by atoms with Crippen LogP contribution in [0.4, 0.5) is 5.82 Å². The molecule has 1 N–H and O–H groups in total. The molecule has 3 aromatic rings. The molecule has 1 aliphatic heterocycles. The summed E-state index contributed by atoms with van der Waals surface area (Å²) in [5.41, 5.74) is 2.36. The molecule has 2 amide bonds. The lowest BCUT2D eigenvalue weighted by Crippen LogP contribution is -2.26. The summed E-state index contributed by atoms with van der Waals surface area (Å²) in [5, 5.41) is 7.39. The van der Waals surface area contributed by atoms with Crippen molar-refractivity contribution >= 4 is 23.3 Å². The molecule has 1 saturated heterocycles. The number of rotatable bonds is 7. The van der Waals surface area contributed by atoms with Gasteiger partial charge in [-0.1, -0.05) is 12.1 Å². The van der Waals surface area contributed by atoms with Crippen LogP contribution in [-0.2, 0) is 9.59 Å². The largest absolute Gasteiger partial charge is 0.497 e. The highest BCUT2D eigenvalue weighted by molar-refractivity contribution is 5.90. The number of carbonyl (C=O) groups is 2. The summed E-state index contributed by atoms with van der Waals surface area (Å²) in [6, 6.07) is 11.4. The van der Waals surface area contributed by atoms with Gasteiger partial charge in [-0.3, -0.25) is 9.59 Å². The molecule has 150 valence electrons. The molecule has 2 aromatic heterocycles. The Kier molecular flexibility index (Phi) is 5.41. The van der Waals surface area contributed by atoms with E-state index in [0.717, 1.165) is 30.0 Å². The number of amides is 2. The SMILES string of the molecule is COc1cccc(-c2ccc3nc(NC(=O)CCCN4CCCC4=O)cn3n2)c1. The molecule has 0 spiro atoms. The first kappa shape index (κ1) is 18.9. The third kappa shape index (κ3) is 4.37. The Morgan fingerprint density at radius 2 is 2.17 bits per heavy atom. The van der Waals surface area contributed by atoms with Gasteiger partial charge >= 0.3 is 0 Å². The highest BCUT2D eigenvalue weighted by atomic mass is 16.5. The van der Waals surface area contributed by atoms with Crippen LogP contribution in [0.1, 0.15) is 25.7 Å². The quantitative estimate of drug-likeness (QED) is 0.667. The average Bonchev–Trinajstić information content (AvgIpc) is 3.32. The minimum atomic E-state index is -0.118. The predicted molar refractivity (Wildman–Crippen MR) is 109 cm³/mol. The highest BCUT2D eigenvalue weighted by Crippen LogP contribution is 2.22. The summed E-state index contributed by atoms with van der Waals surface area (Å²) < 4.78 is 6.91. The normalized spacial score (nSPS) is 13.8. The van der Waals surface area contributed by atoms with E-state index in [1.54, 1.807) is 17.8 Å². The van der Waals surface area contributed by atoms with Gasteiger partial charge in [-0.2, -0.15) is 5.10 Å². The number of ether oxygens (including phenoxy) is 1. The lowest BCUT2D eigenvalue weighted by Gasteiger charge is -2.14. The van der Waals surface area contributed by atoms with Gasteiger partial charge in [0.25, 0.3) is 0 Å². The summed E-state index contributed by atoms with van der Waals surface area (Å²) in [4.78, 5) is 30.0. The number of imidazole rings is 1. The van der Waals surface area contributed by atoms with Crippen molar-refractivity contribution in [1.82, 2.24) is 19.5 Å². The number of likely N-dealkylation sites (tertiary alicyclic amines) is 1. The van der Waals surface area contributed by atoms with Crippen LogP contribution < -0.4 is 10.1 Å². The van der Waals surface area contributed by atoms with Crippen LogP contribution in [0, 0.1) is 0 Å². The Morgan fingerprint density at radius 3 is 2.97 bits per heavy atom. The molecule has 0 aliphatic carbocycles. The van der Waals surface area contributed by atoms with Crippen LogP contribution in [0.2, 0.25) is 0 Å². The molecule has 1 aromatic carbocycles. The Morgan fingerprint density at radius 1 is 1.28 bits per heavy atom. The Bertz CT molecular complexity index is 1050. The number of nitrogens with one attached hydrogen (secondary N) is 1. The molecule has 0 saturated carbocycles. The minimum Gasteiger partial charge on any atom is -0.497 e. The van der Waals surface area contributed by atoms with Crippen LogP contribution >= 0.6 is 0 Å². The number of methoxy groups -OCH3 is 1. The first-order valence-corrected chi connectivity index (χ1v) is 9.71. The lowest BCUT2D eigenvalue weighted by molar-refractivity contribution is -0.128. The van der Waals surface area contributed by atoms with Crippen molar-refractivity contribution in [2.24, 2.45) is 0 Å². The van der Waals surface area contributed by atoms with Gasteiger partial charge in [0.2, 0.25) is 11.8 Å². The Labute approximate surface area is 168 Å². The van der Waals surface area contributed by atoms with Gasteiger partial charge in [0.1, 0.15) is 5.75 Å². The molecule has 1 aliphatic rings. The van der Waals surface area contributed by atoms with Gasteiger partial charge in [-0.05, 0) is 37.1 Å². The van der Waals surface area contributed by atoms with E-state index in [1.165, 1.54) is 0 Å². The van der Waals surface area contributed by atoms with Gasteiger partial charge < -0.3 is 15.0 Å². The van der Waals surface area contributed by atoms with Gasteiger partial charge in [-0.15, -0.1) is 0 Å². The van der Waals surface area contributed by atoms with E-state index in [1.807, 2.05) is 41.3 Å². The molecule has 0 atom stereocenters. The minimum absolute atomic E-state index is 0.118. The van der Waals surface area contributed by atoms with E-state index in [-0.39, 0.29) is 11.8 Å². The third-order valence-corrected chi connectivity index (χ3v) is 4.96. The molecular formula is C21H23N5O3. The standard InChI is InChI=1S/C21H23N5O3/c1-29-16-6-2-5-15(13-16)17-9-10-19-22-18(14-26(19)24-17)23-20(27)7-3-11-25-12-4-8-21(25)28/h2,5-6,9-10,13-14H,3-4,7-8,11-12H2,1H3,(H,23,27). The van der Waals surface area contributed by atoms with Crippen LogP contribution in [0.25, 0.3) is 16.9 Å².